The van der Waals surface area contributed by atoms with Gasteiger partial charge in [0.25, 0.3) is 5.91 Å². The summed E-state index contributed by atoms with van der Waals surface area (Å²) in [6.45, 7) is 7.50. The van der Waals surface area contributed by atoms with Crippen LogP contribution in [0.2, 0.25) is 0 Å². The van der Waals surface area contributed by atoms with Crippen LogP contribution >= 0.6 is 0 Å². The number of carbonyl (C=O) groups excluding carboxylic acids is 1. The molecule has 0 radical (unpaired) electrons. The predicted molar refractivity (Wildman–Crippen MR) is 72.8 cm³/mol. The molecule has 1 amide bonds. The topological polar surface area (TPSA) is 57.3 Å². The number of hydrazine groups is 1. The maximum Gasteiger partial charge on any atom is 0.269 e. The van der Waals surface area contributed by atoms with Crippen molar-refractivity contribution in [1.82, 2.24) is 20.7 Å². The zero-order valence-electron chi connectivity index (χ0n) is 11.4. The van der Waals surface area contributed by atoms with Gasteiger partial charge in [0.2, 0.25) is 0 Å². The summed E-state index contributed by atoms with van der Waals surface area (Å²) in [5.41, 5.74) is 7.00. The van der Waals surface area contributed by atoms with E-state index in [1.165, 1.54) is 0 Å². The molecule has 19 heavy (non-hydrogen) atoms. The third-order valence-corrected chi connectivity index (χ3v) is 3.67. The van der Waals surface area contributed by atoms with Gasteiger partial charge in [-0.15, -0.1) is 0 Å². The average Bonchev–Trinajstić information content (AvgIpc) is 2.81. The molecule has 2 aliphatic heterocycles. The molecule has 3 rings (SSSR count). The van der Waals surface area contributed by atoms with Gasteiger partial charge < -0.3 is 5.32 Å². The standard InChI is InChI=1S/C14H18N4O/c1-9-6-10(4-5-15-9)11-7-17-18-12(11)13(19)16-8-14(18,2)3/h4-6,17H,7-8H2,1-3H3,(H,16,19). The summed E-state index contributed by atoms with van der Waals surface area (Å²) in [4.78, 5) is 16.4. The molecule has 0 aliphatic carbocycles. The first-order valence-corrected chi connectivity index (χ1v) is 6.47. The molecule has 0 atom stereocenters. The summed E-state index contributed by atoms with van der Waals surface area (Å²) in [5, 5.41) is 4.96. The van der Waals surface area contributed by atoms with Crippen molar-refractivity contribution in [1.29, 1.82) is 0 Å². The average molecular weight is 258 g/mol. The summed E-state index contributed by atoms with van der Waals surface area (Å²) >= 11 is 0. The normalized spacial score (nSPS) is 21.4. The summed E-state index contributed by atoms with van der Waals surface area (Å²) in [6.07, 6.45) is 1.78. The van der Waals surface area contributed by atoms with Crippen LogP contribution in [0.3, 0.4) is 0 Å². The molecule has 5 nitrogen and oxygen atoms in total. The fourth-order valence-corrected chi connectivity index (χ4v) is 2.64. The SMILES string of the molecule is Cc1cc(C2=C3C(=O)NCC(C)(C)N3NC2)ccn1. The van der Waals surface area contributed by atoms with Crippen LogP contribution in [0.1, 0.15) is 25.1 Å². The van der Waals surface area contributed by atoms with Crippen molar-refractivity contribution >= 4 is 11.5 Å². The number of amides is 1. The number of carbonyl (C=O) groups is 1. The maximum atomic E-state index is 12.2. The Labute approximate surface area is 112 Å². The first-order chi connectivity index (χ1) is 8.99. The fraction of sp³-hybridized carbons (Fsp3) is 0.429. The van der Waals surface area contributed by atoms with Crippen LogP contribution in [0, 0.1) is 6.92 Å². The minimum Gasteiger partial charge on any atom is -0.348 e. The molecule has 1 saturated heterocycles. The van der Waals surface area contributed by atoms with Crippen LogP contribution < -0.4 is 10.7 Å². The number of hydrogen-bond acceptors (Lipinski definition) is 4. The quantitative estimate of drug-likeness (QED) is 0.783. The summed E-state index contributed by atoms with van der Waals surface area (Å²) in [6, 6.07) is 3.97. The number of aromatic nitrogens is 1. The highest BCUT2D eigenvalue weighted by atomic mass is 16.2. The van der Waals surface area contributed by atoms with E-state index in [9.17, 15) is 4.79 Å². The van der Waals surface area contributed by atoms with Crippen LogP contribution in [0.4, 0.5) is 0 Å². The number of pyridine rings is 1. The lowest BCUT2D eigenvalue weighted by molar-refractivity contribution is -0.123. The van der Waals surface area contributed by atoms with E-state index in [1.807, 2.05) is 24.1 Å². The summed E-state index contributed by atoms with van der Waals surface area (Å²) in [5.74, 6) is -0.00575. The second kappa shape index (κ2) is 4.06. The smallest absolute Gasteiger partial charge is 0.269 e. The van der Waals surface area contributed by atoms with Gasteiger partial charge in [-0.05, 0) is 38.5 Å². The van der Waals surface area contributed by atoms with E-state index in [0.29, 0.717) is 13.1 Å². The predicted octanol–water partition coefficient (Wildman–Crippen LogP) is 0.830. The highest BCUT2D eigenvalue weighted by Gasteiger charge is 2.41. The zero-order chi connectivity index (χ0) is 13.6. The van der Waals surface area contributed by atoms with E-state index in [0.717, 1.165) is 22.5 Å². The summed E-state index contributed by atoms with van der Waals surface area (Å²) < 4.78 is 0. The highest BCUT2D eigenvalue weighted by molar-refractivity contribution is 6.02. The Bertz CT molecular complexity index is 577. The lowest BCUT2D eigenvalue weighted by Gasteiger charge is -2.42. The number of aryl methyl sites for hydroxylation is 1. The Morgan fingerprint density at radius 3 is 2.95 bits per heavy atom. The van der Waals surface area contributed by atoms with E-state index >= 15 is 0 Å². The van der Waals surface area contributed by atoms with E-state index in [-0.39, 0.29) is 11.4 Å². The van der Waals surface area contributed by atoms with Crippen LogP contribution in [0.15, 0.2) is 24.0 Å². The molecule has 1 aromatic heterocycles. The van der Waals surface area contributed by atoms with Gasteiger partial charge >= 0.3 is 0 Å². The number of fused-ring (bicyclic) bond motifs is 1. The zero-order valence-corrected chi connectivity index (χ0v) is 11.4. The molecular formula is C14H18N4O. The third-order valence-electron chi connectivity index (χ3n) is 3.67. The van der Waals surface area contributed by atoms with Crippen molar-refractivity contribution in [2.24, 2.45) is 0 Å². The molecule has 0 saturated carbocycles. The third kappa shape index (κ3) is 1.90. The van der Waals surface area contributed by atoms with Gasteiger partial charge in [-0.1, -0.05) is 0 Å². The minimum absolute atomic E-state index is 0.00575. The molecule has 100 valence electrons. The van der Waals surface area contributed by atoms with Crippen molar-refractivity contribution in [2.45, 2.75) is 26.3 Å². The van der Waals surface area contributed by atoms with E-state index in [2.05, 4.69) is 29.6 Å². The fourth-order valence-electron chi connectivity index (χ4n) is 2.64. The Balaban J connectivity index is 2.10. The molecule has 2 N–H and O–H groups in total. The Kier molecular flexibility index (Phi) is 2.60. The van der Waals surface area contributed by atoms with Crippen LogP contribution in [-0.2, 0) is 4.79 Å². The van der Waals surface area contributed by atoms with Gasteiger partial charge in [0.15, 0.2) is 0 Å². The second-order valence-corrected chi connectivity index (χ2v) is 5.68. The van der Waals surface area contributed by atoms with Crippen molar-refractivity contribution in [3.05, 3.63) is 35.3 Å². The van der Waals surface area contributed by atoms with E-state index < -0.39 is 0 Å². The first kappa shape index (κ1) is 12.2. The first-order valence-electron chi connectivity index (χ1n) is 6.47. The molecule has 1 fully saturated rings. The number of piperazine rings is 1. The largest absolute Gasteiger partial charge is 0.348 e. The van der Waals surface area contributed by atoms with Crippen LogP contribution in [0.25, 0.3) is 5.57 Å². The number of nitrogens with one attached hydrogen (secondary N) is 2. The van der Waals surface area contributed by atoms with Gasteiger partial charge in [0, 0.05) is 30.6 Å². The molecule has 0 aromatic carbocycles. The molecule has 2 aliphatic rings. The van der Waals surface area contributed by atoms with Gasteiger partial charge in [-0.3, -0.25) is 14.8 Å². The van der Waals surface area contributed by atoms with Gasteiger partial charge in [0.1, 0.15) is 5.70 Å². The van der Waals surface area contributed by atoms with Crippen LogP contribution in [0.5, 0.6) is 0 Å². The molecule has 0 bridgehead atoms. The molecule has 1 aromatic rings. The molecule has 0 spiro atoms. The Hall–Kier alpha value is -1.88. The van der Waals surface area contributed by atoms with Crippen molar-refractivity contribution in [3.8, 4) is 0 Å². The van der Waals surface area contributed by atoms with Crippen molar-refractivity contribution in [2.75, 3.05) is 13.1 Å². The van der Waals surface area contributed by atoms with Crippen molar-refractivity contribution in [3.63, 3.8) is 0 Å². The Morgan fingerprint density at radius 2 is 2.21 bits per heavy atom. The number of hydrogen-bond donors (Lipinski definition) is 2. The van der Waals surface area contributed by atoms with E-state index in [1.54, 1.807) is 6.20 Å². The lowest BCUT2D eigenvalue weighted by atomic mass is 9.98. The van der Waals surface area contributed by atoms with Gasteiger partial charge in [0.05, 0.1) is 5.54 Å². The number of rotatable bonds is 1. The second-order valence-electron chi connectivity index (χ2n) is 5.68. The van der Waals surface area contributed by atoms with Crippen molar-refractivity contribution < 1.29 is 4.79 Å². The highest BCUT2D eigenvalue weighted by Crippen LogP contribution is 2.32. The van der Waals surface area contributed by atoms with E-state index in [4.69, 9.17) is 0 Å². The minimum atomic E-state index is -0.118. The molecule has 0 unspecified atom stereocenters. The molecular weight excluding hydrogens is 240 g/mol. The number of nitrogens with zero attached hydrogens (tertiary/aromatic N) is 2. The van der Waals surface area contributed by atoms with Crippen LogP contribution in [-0.4, -0.2) is 34.5 Å². The summed E-state index contributed by atoms with van der Waals surface area (Å²) in [7, 11) is 0. The van der Waals surface area contributed by atoms with Gasteiger partial charge in [-0.2, -0.15) is 0 Å². The maximum absolute atomic E-state index is 12.2. The monoisotopic (exact) mass is 258 g/mol. The lowest BCUT2D eigenvalue weighted by Crippen LogP contribution is -2.61. The Morgan fingerprint density at radius 1 is 1.42 bits per heavy atom. The molecule has 5 heteroatoms. The molecule has 3 heterocycles. The van der Waals surface area contributed by atoms with Gasteiger partial charge in [-0.25, -0.2) is 5.43 Å².